The van der Waals surface area contributed by atoms with E-state index in [1.165, 1.54) is 57.8 Å². The lowest BCUT2D eigenvalue weighted by molar-refractivity contribution is -0.0427. The zero-order valence-electron chi connectivity index (χ0n) is 19.3. The number of allylic oxidation sites excluding steroid dienone is 2. The van der Waals surface area contributed by atoms with Crippen LogP contribution in [0.2, 0.25) is 0 Å². The lowest BCUT2D eigenvalue weighted by Crippen LogP contribution is -2.49. The minimum absolute atomic E-state index is 0.0376. The fraction of sp³-hybridized carbons (Fsp3) is 0.926. The summed E-state index contributed by atoms with van der Waals surface area (Å²) in [6, 6.07) is 0. The summed E-state index contributed by atoms with van der Waals surface area (Å²) in [4.78, 5) is 0. The highest BCUT2D eigenvalue weighted by atomic mass is 16.3. The molecule has 0 radical (unpaired) electrons. The van der Waals surface area contributed by atoms with Gasteiger partial charge in [0.2, 0.25) is 0 Å². The first-order valence-corrected chi connectivity index (χ1v) is 12.6. The fourth-order valence-electron chi connectivity index (χ4n) is 8.51. The molecule has 160 valence electrons. The van der Waals surface area contributed by atoms with Crippen LogP contribution in [0.5, 0.6) is 0 Å². The number of hydrogen-bond donors (Lipinski definition) is 1. The summed E-state index contributed by atoms with van der Waals surface area (Å²) < 4.78 is 0. The van der Waals surface area contributed by atoms with E-state index in [9.17, 15) is 5.11 Å². The monoisotopic (exact) mass is 386 g/mol. The van der Waals surface area contributed by atoms with E-state index < -0.39 is 0 Å². The molecule has 1 N–H and O–H groups in total. The van der Waals surface area contributed by atoms with Crippen molar-refractivity contribution in [2.24, 2.45) is 46.3 Å². The van der Waals surface area contributed by atoms with Gasteiger partial charge in [-0.1, -0.05) is 65.5 Å². The van der Waals surface area contributed by atoms with Crippen LogP contribution in [-0.2, 0) is 0 Å². The molecule has 0 aromatic rings. The Balaban J connectivity index is 1.50. The molecule has 3 saturated carbocycles. The van der Waals surface area contributed by atoms with Gasteiger partial charge in [0.05, 0.1) is 6.10 Å². The van der Waals surface area contributed by atoms with Crippen LogP contribution < -0.4 is 0 Å². The summed E-state index contributed by atoms with van der Waals surface area (Å²) in [5, 5.41) is 10.2. The summed E-state index contributed by atoms with van der Waals surface area (Å²) in [7, 11) is 0. The number of aliphatic hydroxyl groups excluding tert-OH is 1. The smallest absolute Gasteiger partial charge is 0.0543 e. The van der Waals surface area contributed by atoms with E-state index in [1.807, 2.05) is 5.57 Å². The minimum atomic E-state index is -0.0376. The molecule has 0 heterocycles. The fourth-order valence-corrected chi connectivity index (χ4v) is 8.51. The van der Waals surface area contributed by atoms with Crippen molar-refractivity contribution in [2.75, 3.05) is 0 Å². The van der Waals surface area contributed by atoms with E-state index in [2.05, 4.69) is 40.7 Å². The predicted octanol–water partition coefficient (Wildman–Crippen LogP) is 7.39. The third-order valence-corrected chi connectivity index (χ3v) is 10.3. The SMILES string of the molecule is CC(C)CCC[C@@H](C)[C@H]1CC[C@H]2C3=CCC4CC(O)CC[C@]4(C)[C@H]3CC[C@]12C. The predicted molar refractivity (Wildman–Crippen MR) is 119 cm³/mol. The summed E-state index contributed by atoms with van der Waals surface area (Å²) in [5.41, 5.74) is 2.89. The van der Waals surface area contributed by atoms with Crippen molar-refractivity contribution in [3.05, 3.63) is 11.6 Å². The van der Waals surface area contributed by atoms with Crippen LogP contribution in [0, 0.1) is 46.3 Å². The molecule has 4 rings (SSSR count). The summed E-state index contributed by atoms with van der Waals surface area (Å²) in [5.74, 6) is 5.07. The lowest BCUT2D eigenvalue weighted by atomic mass is 9.47. The maximum atomic E-state index is 10.2. The maximum Gasteiger partial charge on any atom is 0.0543 e. The van der Waals surface area contributed by atoms with Gasteiger partial charge in [-0.05, 0) is 97.7 Å². The molecule has 1 heteroatoms. The van der Waals surface area contributed by atoms with E-state index >= 15 is 0 Å². The Bertz CT molecular complexity index is 591. The molecule has 0 aliphatic heterocycles. The average molecular weight is 387 g/mol. The van der Waals surface area contributed by atoms with Crippen LogP contribution >= 0.6 is 0 Å². The molecule has 3 fully saturated rings. The van der Waals surface area contributed by atoms with Gasteiger partial charge in [0.1, 0.15) is 0 Å². The van der Waals surface area contributed by atoms with Crippen LogP contribution in [-0.4, -0.2) is 11.2 Å². The van der Waals surface area contributed by atoms with Crippen molar-refractivity contribution in [1.82, 2.24) is 0 Å². The second kappa shape index (κ2) is 7.75. The van der Waals surface area contributed by atoms with Crippen LogP contribution in [0.4, 0.5) is 0 Å². The molecule has 0 spiro atoms. The van der Waals surface area contributed by atoms with E-state index in [4.69, 9.17) is 0 Å². The van der Waals surface area contributed by atoms with E-state index in [-0.39, 0.29) is 6.10 Å². The van der Waals surface area contributed by atoms with E-state index in [0.717, 1.165) is 48.3 Å². The van der Waals surface area contributed by atoms with Gasteiger partial charge in [0, 0.05) is 0 Å². The van der Waals surface area contributed by atoms with Gasteiger partial charge in [0.15, 0.2) is 0 Å². The first kappa shape index (κ1) is 21.0. The summed E-state index contributed by atoms with van der Waals surface area (Å²) in [6.07, 6.45) is 17.2. The Kier molecular flexibility index (Phi) is 5.80. The van der Waals surface area contributed by atoms with Gasteiger partial charge in [-0.15, -0.1) is 0 Å². The Morgan fingerprint density at radius 3 is 2.43 bits per heavy atom. The Hall–Kier alpha value is -0.300. The van der Waals surface area contributed by atoms with E-state index in [1.54, 1.807) is 0 Å². The highest BCUT2D eigenvalue weighted by Crippen LogP contribution is 2.66. The zero-order valence-corrected chi connectivity index (χ0v) is 19.3. The van der Waals surface area contributed by atoms with Crippen LogP contribution in [0.25, 0.3) is 0 Å². The Labute approximate surface area is 174 Å². The topological polar surface area (TPSA) is 20.2 Å². The minimum Gasteiger partial charge on any atom is -0.393 e. The molecular weight excluding hydrogens is 340 g/mol. The highest BCUT2D eigenvalue weighted by Gasteiger charge is 2.58. The third kappa shape index (κ3) is 3.42. The van der Waals surface area contributed by atoms with Gasteiger partial charge in [-0.2, -0.15) is 0 Å². The molecule has 0 bridgehead atoms. The van der Waals surface area contributed by atoms with Crippen LogP contribution in [0.15, 0.2) is 11.6 Å². The first-order chi connectivity index (χ1) is 13.3. The van der Waals surface area contributed by atoms with Crippen LogP contribution in [0.3, 0.4) is 0 Å². The van der Waals surface area contributed by atoms with Gasteiger partial charge < -0.3 is 5.11 Å². The van der Waals surface area contributed by atoms with Gasteiger partial charge in [0.25, 0.3) is 0 Å². The molecule has 28 heavy (non-hydrogen) atoms. The standard InChI is InChI=1S/C27H46O/c1-18(2)7-6-8-19(3)23-11-12-24-22-10-9-20-17-21(28)13-15-26(20,4)25(22)14-16-27(23,24)5/h10,18-21,23-25,28H,6-9,11-17H2,1-5H3/t19-,20?,21?,23-,24+,25+,26+,27-/m1/s1. The normalized spacial score (nSPS) is 46.5. The van der Waals surface area contributed by atoms with Gasteiger partial charge in [-0.25, -0.2) is 0 Å². The Morgan fingerprint density at radius 2 is 1.68 bits per heavy atom. The number of fused-ring (bicyclic) bond motifs is 5. The molecule has 4 aliphatic rings. The molecule has 4 aliphatic carbocycles. The van der Waals surface area contributed by atoms with Crippen molar-refractivity contribution >= 4 is 0 Å². The average Bonchev–Trinajstić information content (AvgIpc) is 2.99. The lowest BCUT2D eigenvalue weighted by Gasteiger charge is -2.57. The third-order valence-electron chi connectivity index (χ3n) is 10.3. The molecule has 0 saturated heterocycles. The van der Waals surface area contributed by atoms with Gasteiger partial charge >= 0.3 is 0 Å². The van der Waals surface area contributed by atoms with Crippen LogP contribution in [0.1, 0.15) is 105 Å². The molecule has 8 atom stereocenters. The second-order valence-corrected chi connectivity index (χ2v) is 12.2. The Morgan fingerprint density at radius 1 is 0.964 bits per heavy atom. The summed E-state index contributed by atoms with van der Waals surface area (Å²) in [6.45, 7) is 12.6. The van der Waals surface area contributed by atoms with Crippen molar-refractivity contribution in [3.63, 3.8) is 0 Å². The molecule has 0 aromatic heterocycles. The highest BCUT2D eigenvalue weighted by molar-refractivity contribution is 5.27. The number of aliphatic hydroxyl groups is 1. The molecular formula is C27H46O. The largest absolute Gasteiger partial charge is 0.393 e. The van der Waals surface area contributed by atoms with E-state index in [0.29, 0.717) is 10.8 Å². The quantitative estimate of drug-likeness (QED) is 0.488. The summed E-state index contributed by atoms with van der Waals surface area (Å²) >= 11 is 0. The van der Waals surface area contributed by atoms with Crippen molar-refractivity contribution < 1.29 is 5.11 Å². The van der Waals surface area contributed by atoms with Crippen molar-refractivity contribution in [2.45, 2.75) is 111 Å². The van der Waals surface area contributed by atoms with Gasteiger partial charge in [-0.3, -0.25) is 0 Å². The second-order valence-electron chi connectivity index (χ2n) is 12.2. The van der Waals surface area contributed by atoms with Crippen molar-refractivity contribution in [3.8, 4) is 0 Å². The number of hydrogen-bond acceptors (Lipinski definition) is 1. The first-order valence-electron chi connectivity index (χ1n) is 12.6. The zero-order chi connectivity index (χ0) is 20.1. The molecule has 0 amide bonds. The molecule has 1 nitrogen and oxygen atoms in total. The van der Waals surface area contributed by atoms with Crippen molar-refractivity contribution in [1.29, 1.82) is 0 Å². The molecule has 0 aromatic carbocycles. The number of rotatable bonds is 5. The molecule has 2 unspecified atom stereocenters. The maximum absolute atomic E-state index is 10.2.